The summed E-state index contributed by atoms with van der Waals surface area (Å²) in [5, 5.41) is 0. The molecule has 0 unspecified atom stereocenters. The molecule has 19 heavy (non-hydrogen) atoms. The van der Waals surface area contributed by atoms with Crippen LogP contribution in [0.5, 0.6) is 0 Å². The number of hydrogen-bond donors (Lipinski definition) is 2. The number of hydrazine groups is 1. The molecule has 5 heteroatoms. The number of hydrogen-bond acceptors (Lipinski definition) is 4. The first-order chi connectivity index (χ1) is 9.36. The Morgan fingerprint density at radius 2 is 1.95 bits per heavy atom. The predicted molar refractivity (Wildman–Crippen MR) is 73.8 cm³/mol. The van der Waals surface area contributed by atoms with E-state index in [-0.39, 0.29) is 5.91 Å². The van der Waals surface area contributed by atoms with Crippen molar-refractivity contribution < 1.29 is 9.53 Å². The van der Waals surface area contributed by atoms with Gasteiger partial charge in [0.15, 0.2) is 0 Å². The molecule has 0 aromatic heterocycles. The molecule has 104 valence electrons. The fourth-order valence-corrected chi connectivity index (χ4v) is 2.02. The van der Waals surface area contributed by atoms with Gasteiger partial charge in [0, 0.05) is 25.2 Å². The first-order valence-electron chi connectivity index (χ1n) is 6.74. The number of carbonyl (C=O) groups is 1. The van der Waals surface area contributed by atoms with Gasteiger partial charge in [0.05, 0.1) is 13.2 Å². The standard InChI is InChI=1S/C14H21N3O2/c18-14(13-5-2-1-3-6-13)16-15-7-4-8-17-9-11-19-12-10-17/h1-3,5-6,15H,4,7-12H2,(H,16,18). The Bertz CT molecular complexity index is 378. The summed E-state index contributed by atoms with van der Waals surface area (Å²) in [5.41, 5.74) is 6.34. The Balaban J connectivity index is 1.55. The van der Waals surface area contributed by atoms with Crippen LogP contribution in [0.3, 0.4) is 0 Å². The third-order valence-corrected chi connectivity index (χ3v) is 3.12. The van der Waals surface area contributed by atoms with Crippen LogP contribution in [0.15, 0.2) is 30.3 Å². The number of nitrogens with zero attached hydrogens (tertiary/aromatic N) is 1. The summed E-state index contributed by atoms with van der Waals surface area (Å²) in [6.45, 7) is 5.50. The largest absolute Gasteiger partial charge is 0.379 e. The van der Waals surface area contributed by atoms with Crippen LogP contribution in [-0.2, 0) is 4.74 Å². The van der Waals surface area contributed by atoms with Crippen LogP contribution in [-0.4, -0.2) is 50.2 Å². The van der Waals surface area contributed by atoms with Crippen LogP contribution >= 0.6 is 0 Å². The average molecular weight is 263 g/mol. The maximum Gasteiger partial charge on any atom is 0.265 e. The Morgan fingerprint density at radius 1 is 1.21 bits per heavy atom. The zero-order valence-corrected chi connectivity index (χ0v) is 11.1. The van der Waals surface area contributed by atoms with Gasteiger partial charge in [0.2, 0.25) is 0 Å². The van der Waals surface area contributed by atoms with E-state index in [1.165, 1.54) is 0 Å². The smallest absolute Gasteiger partial charge is 0.265 e. The van der Waals surface area contributed by atoms with Crippen molar-refractivity contribution in [1.82, 2.24) is 15.8 Å². The number of amides is 1. The fourth-order valence-electron chi connectivity index (χ4n) is 2.02. The summed E-state index contributed by atoms with van der Waals surface area (Å²) in [7, 11) is 0. The summed E-state index contributed by atoms with van der Waals surface area (Å²) >= 11 is 0. The Kier molecular flexibility index (Phi) is 5.81. The highest BCUT2D eigenvalue weighted by Crippen LogP contribution is 1.98. The van der Waals surface area contributed by atoms with Gasteiger partial charge in [-0.15, -0.1) is 0 Å². The SMILES string of the molecule is O=C(NNCCCN1CCOCC1)c1ccccc1. The van der Waals surface area contributed by atoms with Crippen LogP contribution < -0.4 is 10.9 Å². The van der Waals surface area contributed by atoms with Crippen molar-refractivity contribution in [2.24, 2.45) is 0 Å². The summed E-state index contributed by atoms with van der Waals surface area (Å²) in [6, 6.07) is 9.20. The van der Waals surface area contributed by atoms with E-state index in [1.54, 1.807) is 12.1 Å². The van der Waals surface area contributed by atoms with Crippen LogP contribution in [0.2, 0.25) is 0 Å². The molecule has 0 spiro atoms. The predicted octanol–water partition coefficient (Wildman–Crippen LogP) is 0.643. The lowest BCUT2D eigenvalue weighted by Gasteiger charge is -2.26. The van der Waals surface area contributed by atoms with E-state index in [2.05, 4.69) is 15.8 Å². The average Bonchev–Trinajstić information content (AvgIpc) is 2.49. The molecule has 1 heterocycles. The quantitative estimate of drug-likeness (QED) is 0.584. The molecule has 2 rings (SSSR count). The molecule has 0 aliphatic carbocycles. The van der Waals surface area contributed by atoms with Crippen LogP contribution in [0.25, 0.3) is 0 Å². The molecule has 1 fully saturated rings. The van der Waals surface area contributed by atoms with Gasteiger partial charge in [-0.05, 0) is 25.1 Å². The molecule has 1 aromatic carbocycles. The van der Waals surface area contributed by atoms with E-state index in [0.717, 1.165) is 45.8 Å². The first-order valence-corrected chi connectivity index (χ1v) is 6.74. The van der Waals surface area contributed by atoms with Crippen molar-refractivity contribution in [1.29, 1.82) is 0 Å². The van der Waals surface area contributed by atoms with E-state index >= 15 is 0 Å². The number of nitrogens with one attached hydrogen (secondary N) is 2. The third kappa shape index (κ3) is 4.98. The maximum absolute atomic E-state index is 11.7. The number of rotatable bonds is 6. The van der Waals surface area contributed by atoms with Crippen molar-refractivity contribution in [2.45, 2.75) is 6.42 Å². The second kappa shape index (κ2) is 7.89. The molecule has 0 radical (unpaired) electrons. The van der Waals surface area contributed by atoms with Crippen molar-refractivity contribution in [2.75, 3.05) is 39.4 Å². The van der Waals surface area contributed by atoms with E-state index in [1.807, 2.05) is 18.2 Å². The lowest BCUT2D eigenvalue weighted by molar-refractivity contribution is 0.0373. The molecule has 1 aromatic rings. The Morgan fingerprint density at radius 3 is 2.68 bits per heavy atom. The van der Waals surface area contributed by atoms with Gasteiger partial charge in [-0.25, -0.2) is 5.43 Å². The molecule has 1 aliphatic heterocycles. The van der Waals surface area contributed by atoms with Crippen molar-refractivity contribution >= 4 is 5.91 Å². The molecule has 0 saturated carbocycles. The molecule has 1 aliphatic rings. The zero-order valence-electron chi connectivity index (χ0n) is 11.1. The van der Waals surface area contributed by atoms with E-state index < -0.39 is 0 Å². The number of carbonyl (C=O) groups excluding carboxylic acids is 1. The molecule has 1 amide bonds. The maximum atomic E-state index is 11.7. The summed E-state index contributed by atoms with van der Waals surface area (Å²) in [5.74, 6) is -0.0908. The topological polar surface area (TPSA) is 53.6 Å². The normalized spacial score (nSPS) is 16.2. The van der Waals surface area contributed by atoms with Crippen molar-refractivity contribution in [3.05, 3.63) is 35.9 Å². The van der Waals surface area contributed by atoms with Crippen LogP contribution in [0, 0.1) is 0 Å². The molecule has 1 saturated heterocycles. The second-order valence-electron chi connectivity index (χ2n) is 4.55. The lowest BCUT2D eigenvalue weighted by Crippen LogP contribution is -2.41. The number of morpholine rings is 1. The molecule has 2 N–H and O–H groups in total. The minimum atomic E-state index is -0.0908. The zero-order chi connectivity index (χ0) is 13.3. The molecule has 0 atom stereocenters. The Labute approximate surface area is 113 Å². The summed E-state index contributed by atoms with van der Waals surface area (Å²) in [4.78, 5) is 14.1. The van der Waals surface area contributed by atoms with Gasteiger partial charge in [0.25, 0.3) is 5.91 Å². The highest BCUT2D eigenvalue weighted by atomic mass is 16.5. The van der Waals surface area contributed by atoms with Crippen LogP contribution in [0.4, 0.5) is 0 Å². The second-order valence-corrected chi connectivity index (χ2v) is 4.55. The highest BCUT2D eigenvalue weighted by molar-refractivity contribution is 5.93. The first kappa shape index (κ1) is 14.0. The van der Waals surface area contributed by atoms with Gasteiger partial charge in [-0.2, -0.15) is 0 Å². The monoisotopic (exact) mass is 263 g/mol. The minimum absolute atomic E-state index is 0.0908. The molecular weight excluding hydrogens is 242 g/mol. The van der Waals surface area contributed by atoms with Gasteiger partial charge in [0.1, 0.15) is 0 Å². The van der Waals surface area contributed by atoms with Crippen LogP contribution in [0.1, 0.15) is 16.8 Å². The van der Waals surface area contributed by atoms with Crippen molar-refractivity contribution in [3.8, 4) is 0 Å². The van der Waals surface area contributed by atoms with Gasteiger partial charge >= 0.3 is 0 Å². The fraction of sp³-hybridized carbons (Fsp3) is 0.500. The van der Waals surface area contributed by atoms with E-state index in [0.29, 0.717) is 5.56 Å². The van der Waals surface area contributed by atoms with Crippen molar-refractivity contribution in [3.63, 3.8) is 0 Å². The van der Waals surface area contributed by atoms with Gasteiger partial charge in [-0.1, -0.05) is 18.2 Å². The van der Waals surface area contributed by atoms with E-state index in [4.69, 9.17) is 4.74 Å². The summed E-state index contributed by atoms with van der Waals surface area (Å²) < 4.78 is 5.29. The Hall–Kier alpha value is -1.43. The highest BCUT2D eigenvalue weighted by Gasteiger charge is 2.09. The number of ether oxygens (including phenoxy) is 1. The molecular formula is C14H21N3O2. The van der Waals surface area contributed by atoms with Gasteiger partial charge < -0.3 is 4.74 Å². The van der Waals surface area contributed by atoms with Gasteiger partial charge in [-0.3, -0.25) is 15.1 Å². The molecule has 0 bridgehead atoms. The van der Waals surface area contributed by atoms with E-state index in [9.17, 15) is 4.79 Å². The summed E-state index contributed by atoms with van der Waals surface area (Å²) in [6.07, 6.45) is 1.01. The minimum Gasteiger partial charge on any atom is -0.379 e. The lowest BCUT2D eigenvalue weighted by atomic mass is 10.2. The third-order valence-electron chi connectivity index (χ3n) is 3.12. The number of benzene rings is 1. The molecule has 5 nitrogen and oxygen atoms in total.